The third-order valence-corrected chi connectivity index (χ3v) is 4.54. The third kappa shape index (κ3) is 2.21. The number of hydrogen-bond acceptors (Lipinski definition) is 1. The van der Waals surface area contributed by atoms with E-state index in [-0.39, 0.29) is 18.3 Å². The number of alkyl halides is 2. The lowest BCUT2D eigenvalue weighted by Gasteiger charge is -2.22. The van der Waals surface area contributed by atoms with Crippen LogP contribution in [0, 0.1) is 11.2 Å². The van der Waals surface area contributed by atoms with Crippen LogP contribution in [0.25, 0.3) is 0 Å². The lowest BCUT2D eigenvalue weighted by molar-refractivity contribution is -0.135. The number of carbonyl (C=O) groups is 1. The molecule has 0 bridgehead atoms. The highest BCUT2D eigenvalue weighted by molar-refractivity contribution is 6.53. The monoisotopic (exact) mass is 289 g/mol. The first-order valence-corrected chi connectivity index (χ1v) is 6.40. The average Bonchev–Trinajstić information content (AvgIpc) is 2.81. The van der Waals surface area contributed by atoms with Gasteiger partial charge in [-0.1, -0.05) is 18.2 Å². The van der Waals surface area contributed by atoms with Crippen molar-refractivity contribution in [2.75, 3.05) is 7.05 Å². The van der Waals surface area contributed by atoms with Crippen LogP contribution in [-0.4, -0.2) is 22.2 Å². The minimum absolute atomic E-state index is 0.157. The van der Waals surface area contributed by atoms with Crippen molar-refractivity contribution in [1.82, 2.24) is 4.90 Å². The van der Waals surface area contributed by atoms with Crippen molar-refractivity contribution < 1.29 is 9.18 Å². The molecule has 0 N–H and O–H groups in total. The van der Waals surface area contributed by atoms with Crippen molar-refractivity contribution in [1.29, 1.82) is 0 Å². The molecule has 1 aliphatic rings. The molecule has 1 atom stereocenters. The number of nitrogens with zero attached hydrogens (tertiary/aromatic N) is 1. The molecule has 1 aromatic carbocycles. The van der Waals surface area contributed by atoms with Crippen LogP contribution in [0.2, 0.25) is 0 Å². The van der Waals surface area contributed by atoms with Crippen molar-refractivity contribution in [3.63, 3.8) is 0 Å². The fourth-order valence-electron chi connectivity index (χ4n) is 2.01. The van der Waals surface area contributed by atoms with Gasteiger partial charge in [0.05, 0.1) is 5.41 Å². The van der Waals surface area contributed by atoms with Crippen LogP contribution in [0.3, 0.4) is 0 Å². The standard InChI is InChI=1S/C13H14Cl2FNO/c1-12(8-13(12,14)15)11(18)17(2)7-9-5-3-4-6-10(9)16/h3-6H,7-8H2,1-2H3. The first-order chi connectivity index (χ1) is 8.28. The normalized spacial score (nSPS) is 24.7. The van der Waals surface area contributed by atoms with Gasteiger partial charge < -0.3 is 4.90 Å². The Morgan fingerprint density at radius 1 is 1.44 bits per heavy atom. The quantitative estimate of drug-likeness (QED) is 0.782. The van der Waals surface area contributed by atoms with E-state index in [9.17, 15) is 9.18 Å². The lowest BCUT2D eigenvalue weighted by atomic mass is 10.1. The number of benzene rings is 1. The largest absolute Gasteiger partial charge is 0.341 e. The zero-order chi connectivity index (χ0) is 13.6. The molecule has 98 valence electrons. The van der Waals surface area contributed by atoms with Crippen LogP contribution in [0.4, 0.5) is 4.39 Å². The van der Waals surface area contributed by atoms with Gasteiger partial charge in [0.2, 0.25) is 5.91 Å². The molecule has 0 saturated heterocycles. The maximum atomic E-state index is 13.5. The van der Waals surface area contributed by atoms with Crippen LogP contribution in [0.5, 0.6) is 0 Å². The zero-order valence-electron chi connectivity index (χ0n) is 10.2. The van der Waals surface area contributed by atoms with Gasteiger partial charge in [-0.05, 0) is 19.4 Å². The van der Waals surface area contributed by atoms with Gasteiger partial charge in [-0.15, -0.1) is 23.2 Å². The predicted octanol–water partition coefficient (Wildman–Crippen LogP) is 3.37. The van der Waals surface area contributed by atoms with Gasteiger partial charge in [-0.2, -0.15) is 0 Å². The van der Waals surface area contributed by atoms with Crippen LogP contribution in [0.15, 0.2) is 24.3 Å². The zero-order valence-corrected chi connectivity index (χ0v) is 11.7. The number of rotatable bonds is 3. The number of carbonyl (C=O) groups excluding carboxylic acids is 1. The van der Waals surface area contributed by atoms with Gasteiger partial charge in [0.15, 0.2) is 0 Å². The molecule has 2 nitrogen and oxygen atoms in total. The Hall–Kier alpha value is -0.800. The topological polar surface area (TPSA) is 20.3 Å². The fourth-order valence-corrected chi connectivity index (χ4v) is 2.70. The fraction of sp³-hybridized carbons (Fsp3) is 0.462. The van der Waals surface area contributed by atoms with Crippen molar-refractivity contribution >= 4 is 29.1 Å². The second-order valence-corrected chi connectivity index (χ2v) is 6.45. The van der Waals surface area contributed by atoms with Gasteiger partial charge in [0, 0.05) is 19.2 Å². The highest BCUT2D eigenvalue weighted by atomic mass is 35.5. The summed E-state index contributed by atoms with van der Waals surface area (Å²) in [4.78, 5) is 13.7. The molecule has 0 aromatic heterocycles. The van der Waals surface area contributed by atoms with Crippen molar-refractivity contribution in [2.24, 2.45) is 5.41 Å². The maximum absolute atomic E-state index is 13.5. The third-order valence-electron chi connectivity index (χ3n) is 3.44. The summed E-state index contributed by atoms with van der Waals surface area (Å²) < 4.78 is 12.5. The summed E-state index contributed by atoms with van der Waals surface area (Å²) in [6.07, 6.45) is 0.434. The highest BCUT2D eigenvalue weighted by Gasteiger charge is 2.68. The van der Waals surface area contributed by atoms with E-state index in [1.165, 1.54) is 11.0 Å². The molecule has 0 radical (unpaired) electrons. The van der Waals surface area contributed by atoms with E-state index in [2.05, 4.69) is 0 Å². The molecule has 18 heavy (non-hydrogen) atoms. The molecule has 1 fully saturated rings. The van der Waals surface area contributed by atoms with Crippen molar-refractivity contribution in [3.05, 3.63) is 35.6 Å². The number of amides is 1. The van der Waals surface area contributed by atoms with E-state index in [1.54, 1.807) is 32.2 Å². The summed E-state index contributed by atoms with van der Waals surface area (Å²) >= 11 is 11.9. The summed E-state index contributed by atoms with van der Waals surface area (Å²) in [5.41, 5.74) is -0.275. The summed E-state index contributed by atoms with van der Waals surface area (Å²) in [7, 11) is 1.63. The second-order valence-electron chi connectivity index (χ2n) is 4.97. The Labute approximate surface area is 116 Å². The van der Waals surface area contributed by atoms with E-state index < -0.39 is 9.75 Å². The minimum atomic E-state index is -0.992. The molecule has 0 heterocycles. The van der Waals surface area contributed by atoms with E-state index in [0.717, 1.165) is 0 Å². The molecular formula is C13H14Cl2FNO. The van der Waals surface area contributed by atoms with E-state index in [1.807, 2.05) is 0 Å². The summed E-state index contributed by atoms with van der Waals surface area (Å²) in [6, 6.07) is 6.39. The van der Waals surface area contributed by atoms with E-state index in [4.69, 9.17) is 23.2 Å². The molecule has 1 amide bonds. The van der Waals surface area contributed by atoms with Crippen LogP contribution >= 0.6 is 23.2 Å². The number of halogens is 3. The average molecular weight is 290 g/mol. The molecule has 1 unspecified atom stereocenters. The molecule has 1 saturated carbocycles. The van der Waals surface area contributed by atoms with Gasteiger partial charge in [-0.25, -0.2) is 4.39 Å². The summed E-state index contributed by atoms with van der Waals surface area (Å²) in [6.45, 7) is 1.94. The Bertz CT molecular complexity index is 492. The van der Waals surface area contributed by atoms with Crippen molar-refractivity contribution in [3.8, 4) is 0 Å². The summed E-state index contributed by atoms with van der Waals surface area (Å²) in [5, 5.41) is 0. The van der Waals surface area contributed by atoms with Crippen LogP contribution < -0.4 is 0 Å². The first-order valence-electron chi connectivity index (χ1n) is 5.65. The molecule has 0 spiro atoms. The lowest BCUT2D eigenvalue weighted by Crippen LogP contribution is -2.35. The Kier molecular flexibility index (Phi) is 3.32. The number of hydrogen-bond donors (Lipinski definition) is 0. The van der Waals surface area contributed by atoms with E-state index in [0.29, 0.717) is 12.0 Å². The van der Waals surface area contributed by atoms with Crippen LogP contribution in [0.1, 0.15) is 18.9 Å². The Morgan fingerprint density at radius 2 is 2.00 bits per heavy atom. The molecular weight excluding hydrogens is 276 g/mol. The van der Waals surface area contributed by atoms with Crippen LogP contribution in [-0.2, 0) is 11.3 Å². The maximum Gasteiger partial charge on any atom is 0.231 e. The molecule has 0 aliphatic heterocycles. The van der Waals surface area contributed by atoms with E-state index >= 15 is 0 Å². The van der Waals surface area contributed by atoms with Gasteiger partial charge in [-0.3, -0.25) is 4.79 Å². The second kappa shape index (κ2) is 4.39. The molecule has 1 aromatic rings. The molecule has 2 rings (SSSR count). The van der Waals surface area contributed by atoms with Crippen molar-refractivity contribution in [2.45, 2.75) is 24.2 Å². The molecule has 1 aliphatic carbocycles. The minimum Gasteiger partial charge on any atom is -0.341 e. The van der Waals surface area contributed by atoms with Gasteiger partial charge >= 0.3 is 0 Å². The van der Waals surface area contributed by atoms with Gasteiger partial charge in [0.1, 0.15) is 10.2 Å². The Morgan fingerprint density at radius 3 is 2.50 bits per heavy atom. The Balaban J connectivity index is 2.08. The first kappa shape index (κ1) is 13.6. The summed E-state index contributed by atoms with van der Waals surface area (Å²) in [5.74, 6) is -0.475. The SMILES string of the molecule is CN(Cc1ccccc1F)C(=O)C1(C)CC1(Cl)Cl. The smallest absolute Gasteiger partial charge is 0.231 e. The van der Waals surface area contributed by atoms with Gasteiger partial charge in [0.25, 0.3) is 0 Å². The highest BCUT2D eigenvalue weighted by Crippen LogP contribution is 2.64. The molecule has 5 heteroatoms. The predicted molar refractivity (Wildman–Crippen MR) is 70.0 cm³/mol.